The van der Waals surface area contributed by atoms with Crippen LogP contribution in [0.25, 0.3) is 11.3 Å². The number of benzene rings is 2. The largest absolute Gasteiger partial charge is 0.439 e. The van der Waals surface area contributed by atoms with Crippen LogP contribution >= 0.6 is 11.6 Å². The molecule has 0 bridgehead atoms. The summed E-state index contributed by atoms with van der Waals surface area (Å²) >= 11 is 6.00. The number of carbonyl (C=O) groups excluding carboxylic acids is 2. The molecule has 1 atom stereocenters. The van der Waals surface area contributed by atoms with Crippen LogP contribution in [0.5, 0.6) is 0 Å². The van der Waals surface area contributed by atoms with Gasteiger partial charge in [0.05, 0.1) is 17.8 Å². The van der Waals surface area contributed by atoms with Gasteiger partial charge in [-0.25, -0.2) is 9.78 Å². The van der Waals surface area contributed by atoms with Crippen molar-refractivity contribution in [3.05, 3.63) is 76.8 Å². The molecule has 2 heterocycles. The number of aromatic nitrogens is 1. The zero-order valence-corrected chi connectivity index (χ0v) is 16.1. The van der Waals surface area contributed by atoms with Crippen LogP contribution in [0.2, 0.25) is 5.02 Å². The second-order valence-corrected chi connectivity index (χ2v) is 7.20. The Morgan fingerprint density at radius 3 is 2.69 bits per heavy atom. The number of imide groups is 1. The monoisotopic (exact) mass is 406 g/mol. The van der Waals surface area contributed by atoms with Gasteiger partial charge in [0, 0.05) is 10.6 Å². The number of carbonyl (C=O) groups is 2. The lowest BCUT2D eigenvalue weighted by atomic mass is 9.91. The molecule has 4 rings (SSSR count). The molecule has 1 N–H and O–H groups in total. The van der Waals surface area contributed by atoms with E-state index in [-0.39, 0.29) is 12.4 Å². The predicted octanol–water partition coefficient (Wildman–Crippen LogP) is 3.83. The summed E-state index contributed by atoms with van der Waals surface area (Å²) in [4.78, 5) is 30.7. The van der Waals surface area contributed by atoms with Crippen LogP contribution in [-0.4, -0.2) is 21.8 Å². The Balaban J connectivity index is 1.56. The molecule has 1 aromatic heterocycles. The highest BCUT2D eigenvalue weighted by molar-refractivity contribution is 6.30. The van der Waals surface area contributed by atoms with Gasteiger partial charge in [0.1, 0.15) is 12.1 Å². The molecule has 8 heteroatoms. The van der Waals surface area contributed by atoms with Crippen molar-refractivity contribution in [3.63, 3.8) is 0 Å². The third-order valence-corrected chi connectivity index (χ3v) is 5.06. The molecular weight excluding hydrogens is 392 g/mol. The van der Waals surface area contributed by atoms with Gasteiger partial charge in [-0.15, -0.1) is 0 Å². The van der Waals surface area contributed by atoms with E-state index >= 15 is 0 Å². The number of oxazole rings is 1. The number of hydrogen-bond acceptors (Lipinski definition) is 5. The number of rotatable bonds is 4. The van der Waals surface area contributed by atoms with Crippen LogP contribution in [0.15, 0.2) is 59.1 Å². The highest BCUT2D eigenvalue weighted by atomic mass is 35.5. The van der Waals surface area contributed by atoms with Crippen molar-refractivity contribution in [2.24, 2.45) is 0 Å². The summed E-state index contributed by atoms with van der Waals surface area (Å²) in [7, 11) is 0. The Labute approximate surface area is 171 Å². The number of nitrogens with zero attached hydrogens (tertiary/aromatic N) is 3. The van der Waals surface area contributed by atoms with Crippen LogP contribution in [0.4, 0.5) is 4.79 Å². The van der Waals surface area contributed by atoms with Gasteiger partial charge in [0.2, 0.25) is 5.89 Å². The quantitative estimate of drug-likeness (QED) is 0.663. The van der Waals surface area contributed by atoms with Gasteiger partial charge in [-0.1, -0.05) is 35.9 Å². The van der Waals surface area contributed by atoms with Gasteiger partial charge in [0.25, 0.3) is 5.91 Å². The minimum Gasteiger partial charge on any atom is -0.439 e. The first-order valence-corrected chi connectivity index (χ1v) is 9.14. The SMILES string of the molecule is C[C@@]1(c2ccc(C#N)cc2)NC(=O)N(Cc2ncc(-c3cccc(Cl)c3)o2)C1=O. The minimum absolute atomic E-state index is 0.100. The Hall–Kier alpha value is -3.63. The molecule has 1 aliphatic heterocycles. The summed E-state index contributed by atoms with van der Waals surface area (Å²) in [6.45, 7) is 1.53. The number of nitrogens with one attached hydrogen (secondary N) is 1. The molecule has 0 saturated carbocycles. The van der Waals surface area contributed by atoms with Crippen LogP contribution in [0.1, 0.15) is 23.9 Å². The summed E-state index contributed by atoms with van der Waals surface area (Å²) in [5.74, 6) is 0.298. The van der Waals surface area contributed by atoms with Crippen molar-refractivity contribution in [2.75, 3.05) is 0 Å². The van der Waals surface area contributed by atoms with Gasteiger partial charge in [0.15, 0.2) is 5.76 Å². The average Bonchev–Trinajstić information content (AvgIpc) is 3.27. The Morgan fingerprint density at radius 1 is 1.24 bits per heavy atom. The maximum absolute atomic E-state index is 13.0. The smallest absolute Gasteiger partial charge is 0.325 e. The van der Waals surface area contributed by atoms with Gasteiger partial charge < -0.3 is 9.73 Å². The van der Waals surface area contributed by atoms with E-state index in [4.69, 9.17) is 21.3 Å². The zero-order chi connectivity index (χ0) is 20.6. The highest BCUT2D eigenvalue weighted by Gasteiger charge is 2.49. The number of amides is 3. The molecule has 3 aromatic rings. The third kappa shape index (κ3) is 3.35. The van der Waals surface area contributed by atoms with Gasteiger partial charge in [-0.3, -0.25) is 9.69 Å². The van der Waals surface area contributed by atoms with Crippen LogP contribution in [0.3, 0.4) is 0 Å². The molecule has 7 nitrogen and oxygen atoms in total. The summed E-state index contributed by atoms with van der Waals surface area (Å²) < 4.78 is 5.71. The first-order valence-electron chi connectivity index (χ1n) is 8.76. The Morgan fingerprint density at radius 2 is 2.00 bits per heavy atom. The Bertz CT molecular complexity index is 1150. The van der Waals surface area contributed by atoms with Crippen molar-refractivity contribution < 1.29 is 14.0 Å². The van der Waals surface area contributed by atoms with Crippen molar-refractivity contribution in [2.45, 2.75) is 19.0 Å². The third-order valence-electron chi connectivity index (χ3n) is 4.82. The second-order valence-electron chi connectivity index (χ2n) is 6.76. The number of urea groups is 1. The van der Waals surface area contributed by atoms with E-state index < -0.39 is 17.5 Å². The highest BCUT2D eigenvalue weighted by Crippen LogP contribution is 2.30. The molecule has 1 aliphatic rings. The standard InChI is InChI=1S/C21H15ClN4O3/c1-21(15-7-5-13(10-23)6-8-15)19(27)26(20(28)25-21)12-18-24-11-17(29-18)14-3-2-4-16(22)9-14/h2-9,11H,12H2,1H3,(H,25,28)/t21-/m0/s1. The summed E-state index contributed by atoms with van der Waals surface area (Å²) in [5.41, 5.74) is 0.576. The lowest BCUT2D eigenvalue weighted by Gasteiger charge is -2.22. The number of nitriles is 1. The fraction of sp³-hybridized carbons (Fsp3) is 0.143. The van der Waals surface area contributed by atoms with E-state index in [1.165, 1.54) is 6.20 Å². The zero-order valence-electron chi connectivity index (χ0n) is 15.3. The normalized spacial score (nSPS) is 18.6. The topological polar surface area (TPSA) is 99.2 Å². The average molecular weight is 407 g/mol. The first kappa shape index (κ1) is 18.7. The van der Waals surface area contributed by atoms with E-state index in [2.05, 4.69) is 10.3 Å². The molecule has 1 saturated heterocycles. The molecule has 0 radical (unpaired) electrons. The fourth-order valence-corrected chi connectivity index (χ4v) is 3.40. The lowest BCUT2D eigenvalue weighted by Crippen LogP contribution is -2.40. The maximum atomic E-state index is 13.0. The molecule has 0 aliphatic carbocycles. The molecule has 144 valence electrons. The fourth-order valence-electron chi connectivity index (χ4n) is 3.21. The summed E-state index contributed by atoms with van der Waals surface area (Å²) in [6.07, 6.45) is 1.53. The predicted molar refractivity (Wildman–Crippen MR) is 105 cm³/mol. The molecule has 0 unspecified atom stereocenters. The maximum Gasteiger partial charge on any atom is 0.325 e. The Kier molecular flexibility index (Phi) is 4.57. The van der Waals surface area contributed by atoms with E-state index in [1.54, 1.807) is 49.4 Å². The van der Waals surface area contributed by atoms with Crippen molar-refractivity contribution in [3.8, 4) is 17.4 Å². The van der Waals surface area contributed by atoms with Crippen LogP contribution in [-0.2, 0) is 16.9 Å². The molecule has 0 spiro atoms. The number of hydrogen-bond donors (Lipinski definition) is 1. The first-order chi connectivity index (χ1) is 13.9. The van der Waals surface area contributed by atoms with Gasteiger partial charge >= 0.3 is 6.03 Å². The molecule has 1 fully saturated rings. The molecule has 29 heavy (non-hydrogen) atoms. The number of halogens is 1. The van der Waals surface area contributed by atoms with E-state index in [1.807, 2.05) is 12.1 Å². The van der Waals surface area contributed by atoms with Crippen LogP contribution < -0.4 is 5.32 Å². The van der Waals surface area contributed by atoms with Gasteiger partial charge in [-0.2, -0.15) is 5.26 Å². The minimum atomic E-state index is -1.23. The van der Waals surface area contributed by atoms with E-state index in [9.17, 15) is 9.59 Å². The van der Waals surface area contributed by atoms with Gasteiger partial charge in [-0.05, 0) is 36.8 Å². The van der Waals surface area contributed by atoms with Crippen molar-refractivity contribution >= 4 is 23.5 Å². The van der Waals surface area contributed by atoms with E-state index in [0.29, 0.717) is 21.9 Å². The van der Waals surface area contributed by atoms with Crippen molar-refractivity contribution in [1.82, 2.24) is 15.2 Å². The molecular formula is C21H15ClN4O3. The summed E-state index contributed by atoms with van der Waals surface area (Å²) in [6, 6.07) is 15.1. The summed E-state index contributed by atoms with van der Waals surface area (Å²) in [5, 5.41) is 12.2. The van der Waals surface area contributed by atoms with Crippen LogP contribution in [0, 0.1) is 11.3 Å². The lowest BCUT2D eigenvalue weighted by molar-refractivity contribution is -0.131. The van der Waals surface area contributed by atoms with E-state index in [0.717, 1.165) is 10.5 Å². The second kappa shape index (κ2) is 7.08. The molecule has 2 aromatic carbocycles. The molecule has 3 amide bonds. The van der Waals surface area contributed by atoms with Crippen molar-refractivity contribution in [1.29, 1.82) is 5.26 Å².